The van der Waals surface area contributed by atoms with Gasteiger partial charge in [0.2, 0.25) is 23.8 Å². The van der Waals surface area contributed by atoms with Gasteiger partial charge in [0.15, 0.2) is 0 Å². The molecule has 1 amide bonds. The van der Waals surface area contributed by atoms with Crippen LogP contribution in [0.5, 0.6) is 5.75 Å². The van der Waals surface area contributed by atoms with Crippen LogP contribution in [0.1, 0.15) is 41.8 Å². The van der Waals surface area contributed by atoms with Crippen LogP contribution in [0.15, 0.2) is 42.5 Å². The molecule has 38 heavy (non-hydrogen) atoms. The Morgan fingerprint density at radius 1 is 1.18 bits per heavy atom. The number of carbonyl (C=O) groups excluding carboxylic acids is 1. The molecule has 0 radical (unpaired) electrons. The molecule has 3 aromatic rings. The molecular formula is C28H38N8O2. The highest BCUT2D eigenvalue weighted by Crippen LogP contribution is 2.25. The Hall–Kier alpha value is -3.92. The largest absolute Gasteiger partial charge is 0.496 e. The van der Waals surface area contributed by atoms with Crippen LogP contribution >= 0.6 is 0 Å². The van der Waals surface area contributed by atoms with E-state index in [-0.39, 0.29) is 6.04 Å². The summed E-state index contributed by atoms with van der Waals surface area (Å²) in [5, 5.41) is 6.80. The predicted octanol–water partition coefficient (Wildman–Crippen LogP) is 3.81. The fourth-order valence-corrected chi connectivity index (χ4v) is 4.67. The van der Waals surface area contributed by atoms with E-state index in [1.165, 1.54) is 5.56 Å². The van der Waals surface area contributed by atoms with Crippen molar-refractivity contribution >= 4 is 29.4 Å². The molecule has 10 heteroatoms. The zero-order valence-corrected chi connectivity index (χ0v) is 22.9. The number of hydrogen-bond acceptors (Lipinski definition) is 9. The number of rotatable bonds is 11. The van der Waals surface area contributed by atoms with Crippen LogP contribution in [0.3, 0.4) is 0 Å². The van der Waals surface area contributed by atoms with Crippen molar-refractivity contribution < 1.29 is 9.53 Å². The number of methoxy groups -OCH3 is 1. The molecule has 1 aliphatic rings. The molecule has 0 spiro atoms. The van der Waals surface area contributed by atoms with Crippen LogP contribution < -0.4 is 26.0 Å². The number of nitrogens with one attached hydrogen (secondary N) is 2. The number of aryl methyl sites for hydroxylation is 1. The van der Waals surface area contributed by atoms with Crippen molar-refractivity contribution in [2.45, 2.75) is 39.8 Å². The highest BCUT2D eigenvalue weighted by atomic mass is 16.5. The van der Waals surface area contributed by atoms with Crippen LogP contribution in [-0.4, -0.2) is 65.6 Å². The Balaban J connectivity index is 1.53. The number of primary amides is 1. The summed E-state index contributed by atoms with van der Waals surface area (Å²) in [5.74, 6) is 2.36. The van der Waals surface area contributed by atoms with E-state index in [1.807, 2.05) is 43.1 Å². The maximum absolute atomic E-state index is 11.7. The molecule has 0 aliphatic carbocycles. The van der Waals surface area contributed by atoms with Gasteiger partial charge in [-0.25, -0.2) is 0 Å². The molecule has 4 N–H and O–H groups in total. The molecule has 4 rings (SSSR count). The van der Waals surface area contributed by atoms with E-state index in [1.54, 1.807) is 19.2 Å². The lowest BCUT2D eigenvalue weighted by Crippen LogP contribution is -2.28. The minimum Gasteiger partial charge on any atom is -0.496 e. The Bertz CT molecular complexity index is 1270. The average Bonchev–Trinajstić information content (AvgIpc) is 3.31. The van der Waals surface area contributed by atoms with Gasteiger partial charge >= 0.3 is 0 Å². The smallest absolute Gasteiger partial charge is 0.248 e. The molecule has 0 bridgehead atoms. The number of likely N-dealkylation sites (tertiary alicyclic amines) is 1. The fourth-order valence-electron chi connectivity index (χ4n) is 4.67. The van der Waals surface area contributed by atoms with Crippen molar-refractivity contribution in [1.82, 2.24) is 19.9 Å². The standard InChI is InChI=1S/C28H38N8O2/c1-18(2)15-35(4)28-33-26(32-27(34-28)31-23-14-20(25(29)37)11-10-19(23)3)30-22-12-13-36(17-22)16-21-8-6-7-9-24(21)38-5/h6-11,14,18,22H,12-13,15-17H2,1-5H3,(H2,29,37)(H2,30,31,32,33,34). The van der Waals surface area contributed by atoms with Gasteiger partial charge in [-0.05, 0) is 43.0 Å². The Labute approximate surface area is 224 Å². The van der Waals surface area contributed by atoms with Crippen molar-refractivity contribution in [3.05, 3.63) is 59.2 Å². The second kappa shape index (κ2) is 12.1. The summed E-state index contributed by atoms with van der Waals surface area (Å²) in [6.07, 6.45) is 0.973. The number of aromatic nitrogens is 3. The first-order valence-corrected chi connectivity index (χ1v) is 13.0. The van der Waals surface area contributed by atoms with E-state index in [0.29, 0.717) is 29.3 Å². The van der Waals surface area contributed by atoms with Crippen LogP contribution in [0, 0.1) is 12.8 Å². The summed E-state index contributed by atoms with van der Waals surface area (Å²) >= 11 is 0. The second-order valence-electron chi connectivity index (χ2n) is 10.3. The summed E-state index contributed by atoms with van der Waals surface area (Å²) in [4.78, 5) is 30.2. The predicted molar refractivity (Wildman–Crippen MR) is 151 cm³/mol. The van der Waals surface area contributed by atoms with Gasteiger partial charge in [-0.2, -0.15) is 15.0 Å². The number of carbonyl (C=O) groups is 1. The summed E-state index contributed by atoms with van der Waals surface area (Å²) in [6.45, 7) is 9.72. The van der Waals surface area contributed by atoms with Gasteiger partial charge in [-0.15, -0.1) is 0 Å². The zero-order valence-electron chi connectivity index (χ0n) is 22.9. The lowest BCUT2D eigenvalue weighted by molar-refractivity contribution is 0.100. The number of anilines is 4. The molecule has 1 atom stereocenters. The first kappa shape index (κ1) is 27.1. The van der Waals surface area contributed by atoms with Crippen molar-refractivity contribution in [3.63, 3.8) is 0 Å². The van der Waals surface area contributed by atoms with Gasteiger partial charge in [-0.1, -0.05) is 38.1 Å². The number of amides is 1. The number of benzene rings is 2. The Morgan fingerprint density at radius 3 is 2.68 bits per heavy atom. The third-order valence-electron chi connectivity index (χ3n) is 6.56. The van der Waals surface area contributed by atoms with E-state index in [4.69, 9.17) is 15.5 Å². The first-order chi connectivity index (χ1) is 18.2. The van der Waals surface area contributed by atoms with Crippen LogP contribution in [0.2, 0.25) is 0 Å². The summed E-state index contributed by atoms with van der Waals surface area (Å²) in [7, 11) is 3.69. The first-order valence-electron chi connectivity index (χ1n) is 13.0. The number of nitrogens with zero attached hydrogens (tertiary/aromatic N) is 5. The normalized spacial score (nSPS) is 15.5. The summed E-state index contributed by atoms with van der Waals surface area (Å²) in [5.41, 5.74) is 8.76. The van der Waals surface area contributed by atoms with Gasteiger partial charge in [0.05, 0.1) is 7.11 Å². The van der Waals surface area contributed by atoms with Crippen molar-refractivity contribution in [1.29, 1.82) is 0 Å². The minimum atomic E-state index is -0.484. The highest BCUT2D eigenvalue weighted by molar-refractivity contribution is 5.94. The van der Waals surface area contributed by atoms with Gasteiger partial charge < -0.3 is 26.0 Å². The van der Waals surface area contributed by atoms with E-state index >= 15 is 0 Å². The SMILES string of the molecule is COc1ccccc1CN1CCC(Nc2nc(Nc3cc(C(N)=O)ccc3C)nc(N(C)CC(C)C)n2)C1. The maximum Gasteiger partial charge on any atom is 0.248 e. The maximum atomic E-state index is 11.7. The van der Waals surface area contributed by atoms with E-state index in [9.17, 15) is 4.79 Å². The molecule has 202 valence electrons. The molecule has 2 aromatic carbocycles. The lowest BCUT2D eigenvalue weighted by atomic mass is 10.1. The molecule has 1 fully saturated rings. The number of nitrogens with two attached hydrogens (primary N) is 1. The average molecular weight is 519 g/mol. The molecule has 2 heterocycles. The highest BCUT2D eigenvalue weighted by Gasteiger charge is 2.25. The molecule has 1 aromatic heterocycles. The fraction of sp³-hybridized carbons (Fsp3) is 0.429. The van der Waals surface area contributed by atoms with Gasteiger partial charge in [0.25, 0.3) is 0 Å². The molecule has 1 saturated heterocycles. The van der Waals surface area contributed by atoms with E-state index < -0.39 is 5.91 Å². The Morgan fingerprint density at radius 2 is 1.95 bits per heavy atom. The van der Waals surface area contributed by atoms with Crippen molar-refractivity contribution in [2.75, 3.05) is 49.3 Å². The van der Waals surface area contributed by atoms with E-state index in [0.717, 1.165) is 49.6 Å². The van der Waals surface area contributed by atoms with Crippen LogP contribution in [0.4, 0.5) is 23.5 Å². The van der Waals surface area contributed by atoms with Crippen LogP contribution in [0.25, 0.3) is 0 Å². The molecule has 1 unspecified atom stereocenters. The quantitative estimate of drug-likeness (QED) is 0.348. The number of para-hydroxylation sites is 1. The van der Waals surface area contributed by atoms with Gasteiger partial charge in [0, 0.05) is 56.1 Å². The third kappa shape index (κ3) is 6.89. The minimum absolute atomic E-state index is 0.197. The van der Waals surface area contributed by atoms with Gasteiger partial charge in [-0.3, -0.25) is 9.69 Å². The molecular weight excluding hydrogens is 480 g/mol. The lowest BCUT2D eigenvalue weighted by Gasteiger charge is -2.22. The molecule has 1 aliphatic heterocycles. The Kier molecular flexibility index (Phi) is 8.62. The number of ether oxygens (including phenoxy) is 1. The summed E-state index contributed by atoms with van der Waals surface area (Å²) < 4.78 is 5.53. The van der Waals surface area contributed by atoms with Gasteiger partial charge in [0.1, 0.15) is 5.75 Å². The summed E-state index contributed by atoms with van der Waals surface area (Å²) in [6, 6.07) is 13.6. The van der Waals surface area contributed by atoms with Crippen LogP contribution in [-0.2, 0) is 6.54 Å². The second-order valence-corrected chi connectivity index (χ2v) is 10.3. The molecule has 10 nitrogen and oxygen atoms in total. The topological polar surface area (TPSA) is 122 Å². The van der Waals surface area contributed by atoms with E-state index in [2.05, 4.69) is 45.4 Å². The zero-order chi connectivity index (χ0) is 27.2. The van der Waals surface area contributed by atoms with Crippen molar-refractivity contribution in [3.8, 4) is 5.75 Å². The van der Waals surface area contributed by atoms with Crippen molar-refractivity contribution in [2.24, 2.45) is 11.7 Å². The third-order valence-corrected chi connectivity index (χ3v) is 6.56. The number of hydrogen-bond donors (Lipinski definition) is 3. The monoisotopic (exact) mass is 518 g/mol. The molecule has 0 saturated carbocycles.